The Kier molecular flexibility index (Phi) is 3.42. The van der Waals surface area contributed by atoms with Gasteiger partial charge in [0.1, 0.15) is 0 Å². The number of aliphatic carboxylic acids is 1. The van der Waals surface area contributed by atoms with E-state index < -0.39 is 5.97 Å². The van der Waals surface area contributed by atoms with Crippen LogP contribution in [0.4, 0.5) is 0 Å². The maximum absolute atomic E-state index is 10.7. The Morgan fingerprint density at radius 3 is 2.68 bits per heavy atom. The zero-order valence-electron chi connectivity index (χ0n) is 11.4. The monoisotopic (exact) mass is 258 g/mol. The normalized spacial score (nSPS) is 11.5. The number of aromatic nitrogens is 2. The number of imidazole rings is 1. The summed E-state index contributed by atoms with van der Waals surface area (Å²) in [4.78, 5) is 15.1. The Morgan fingerprint density at radius 2 is 2.11 bits per heavy atom. The van der Waals surface area contributed by atoms with Gasteiger partial charge in [-0.1, -0.05) is 32.9 Å². The van der Waals surface area contributed by atoms with Gasteiger partial charge in [-0.3, -0.25) is 4.79 Å². The van der Waals surface area contributed by atoms with Gasteiger partial charge in [-0.25, -0.2) is 4.98 Å². The highest BCUT2D eigenvalue weighted by atomic mass is 16.4. The Morgan fingerprint density at radius 1 is 1.37 bits per heavy atom. The molecule has 0 saturated carbocycles. The molecule has 0 amide bonds. The van der Waals surface area contributed by atoms with Gasteiger partial charge in [-0.2, -0.15) is 0 Å². The Hall–Kier alpha value is -2.10. The number of carboxylic acids is 1. The second-order valence-electron chi connectivity index (χ2n) is 5.66. The van der Waals surface area contributed by atoms with Gasteiger partial charge in [0.05, 0.1) is 18.4 Å². The number of rotatable bonds is 3. The summed E-state index contributed by atoms with van der Waals surface area (Å²) in [6.07, 6.45) is 3.79. The van der Waals surface area contributed by atoms with Gasteiger partial charge in [-0.15, -0.1) is 0 Å². The molecule has 19 heavy (non-hydrogen) atoms. The molecule has 4 heteroatoms. The number of benzene rings is 1. The van der Waals surface area contributed by atoms with Crippen molar-refractivity contribution in [1.82, 2.24) is 9.55 Å². The van der Waals surface area contributed by atoms with Crippen molar-refractivity contribution in [3.8, 4) is 5.69 Å². The quantitative estimate of drug-likeness (QED) is 0.921. The smallest absolute Gasteiger partial charge is 0.307 e. The second-order valence-corrected chi connectivity index (χ2v) is 5.66. The van der Waals surface area contributed by atoms with Crippen LogP contribution < -0.4 is 0 Å². The van der Waals surface area contributed by atoms with E-state index in [0.717, 1.165) is 16.9 Å². The first kappa shape index (κ1) is 13.3. The van der Waals surface area contributed by atoms with E-state index in [4.69, 9.17) is 5.11 Å². The summed E-state index contributed by atoms with van der Waals surface area (Å²) in [5.41, 5.74) is 2.73. The third-order valence-electron chi connectivity index (χ3n) is 2.92. The van der Waals surface area contributed by atoms with Gasteiger partial charge in [0.15, 0.2) is 0 Å². The fourth-order valence-electron chi connectivity index (χ4n) is 1.85. The van der Waals surface area contributed by atoms with Crippen molar-refractivity contribution in [2.45, 2.75) is 32.6 Å². The van der Waals surface area contributed by atoms with E-state index >= 15 is 0 Å². The predicted molar refractivity (Wildman–Crippen MR) is 73.6 cm³/mol. The van der Waals surface area contributed by atoms with Crippen LogP contribution in [0.2, 0.25) is 0 Å². The largest absolute Gasteiger partial charge is 0.481 e. The van der Waals surface area contributed by atoms with Crippen LogP contribution in [0.5, 0.6) is 0 Å². The molecule has 0 fully saturated rings. The molecular formula is C15H18N2O2. The van der Waals surface area contributed by atoms with Crippen LogP contribution in [0.3, 0.4) is 0 Å². The van der Waals surface area contributed by atoms with Gasteiger partial charge >= 0.3 is 5.97 Å². The first-order valence-corrected chi connectivity index (χ1v) is 6.22. The van der Waals surface area contributed by atoms with Gasteiger partial charge in [0.25, 0.3) is 0 Å². The molecule has 1 heterocycles. The summed E-state index contributed by atoms with van der Waals surface area (Å²) in [5, 5.41) is 8.82. The third kappa shape index (κ3) is 3.22. The summed E-state index contributed by atoms with van der Waals surface area (Å²) >= 11 is 0. The molecule has 1 aromatic carbocycles. The average Bonchev–Trinajstić information content (AvgIpc) is 2.77. The lowest BCUT2D eigenvalue weighted by atomic mass is 9.93. The van der Waals surface area contributed by atoms with Crippen molar-refractivity contribution in [2.75, 3.05) is 0 Å². The zero-order valence-corrected chi connectivity index (χ0v) is 11.4. The number of hydrogen-bond donors (Lipinski definition) is 1. The van der Waals surface area contributed by atoms with Crippen LogP contribution in [0.25, 0.3) is 5.69 Å². The lowest BCUT2D eigenvalue weighted by Gasteiger charge is -2.14. The van der Waals surface area contributed by atoms with Crippen molar-refractivity contribution in [1.29, 1.82) is 0 Å². The van der Waals surface area contributed by atoms with Gasteiger partial charge in [0, 0.05) is 17.3 Å². The van der Waals surface area contributed by atoms with E-state index in [2.05, 4.69) is 25.8 Å². The highest BCUT2D eigenvalue weighted by Gasteiger charge is 2.16. The number of carbonyl (C=O) groups is 1. The topological polar surface area (TPSA) is 55.1 Å². The highest BCUT2D eigenvalue weighted by Crippen LogP contribution is 2.21. The molecule has 1 aromatic heterocycles. The van der Waals surface area contributed by atoms with Gasteiger partial charge in [0.2, 0.25) is 0 Å². The maximum atomic E-state index is 10.7. The summed E-state index contributed by atoms with van der Waals surface area (Å²) in [5.74, 6) is -0.821. The predicted octanol–water partition coefficient (Wildman–Crippen LogP) is 2.80. The van der Waals surface area contributed by atoms with E-state index in [1.165, 1.54) is 0 Å². The van der Waals surface area contributed by atoms with Gasteiger partial charge < -0.3 is 9.67 Å². The van der Waals surface area contributed by atoms with Crippen LogP contribution in [0.1, 0.15) is 32.0 Å². The minimum Gasteiger partial charge on any atom is -0.481 e. The minimum absolute atomic E-state index is 0.00389. The second kappa shape index (κ2) is 4.88. The molecule has 0 aliphatic carbocycles. The molecule has 2 rings (SSSR count). The number of hydrogen-bond acceptors (Lipinski definition) is 2. The van der Waals surface area contributed by atoms with Crippen molar-refractivity contribution >= 4 is 5.97 Å². The minimum atomic E-state index is -0.821. The molecule has 2 aromatic rings. The van der Waals surface area contributed by atoms with Crippen LogP contribution in [0.15, 0.2) is 36.8 Å². The first-order chi connectivity index (χ1) is 8.86. The SMILES string of the molecule is CC(C)(C)c1cn(-c2cccc(CC(=O)O)c2)cn1. The van der Waals surface area contributed by atoms with Crippen LogP contribution in [-0.4, -0.2) is 20.6 Å². The standard InChI is InChI=1S/C15H18N2O2/c1-15(2,3)13-9-17(10-16-13)12-6-4-5-11(7-12)8-14(18)19/h4-7,9-10H,8H2,1-3H3,(H,18,19). The lowest BCUT2D eigenvalue weighted by molar-refractivity contribution is -0.136. The van der Waals surface area contributed by atoms with Crippen LogP contribution in [-0.2, 0) is 16.6 Å². The summed E-state index contributed by atoms with van der Waals surface area (Å²) < 4.78 is 1.92. The molecular weight excluding hydrogens is 240 g/mol. The molecule has 0 aliphatic rings. The maximum Gasteiger partial charge on any atom is 0.307 e. The van der Waals surface area contributed by atoms with E-state index in [1.807, 2.05) is 35.0 Å². The first-order valence-electron chi connectivity index (χ1n) is 6.22. The summed E-state index contributed by atoms with van der Waals surface area (Å²) in [7, 11) is 0. The fourth-order valence-corrected chi connectivity index (χ4v) is 1.85. The van der Waals surface area contributed by atoms with E-state index in [0.29, 0.717) is 0 Å². The fraction of sp³-hybridized carbons (Fsp3) is 0.333. The molecule has 100 valence electrons. The Bertz CT molecular complexity index is 594. The van der Waals surface area contributed by atoms with Crippen LogP contribution >= 0.6 is 0 Å². The Balaban J connectivity index is 2.31. The number of carboxylic acid groups (broad SMARTS) is 1. The summed E-state index contributed by atoms with van der Waals surface area (Å²) in [6, 6.07) is 7.51. The molecule has 0 saturated heterocycles. The zero-order chi connectivity index (χ0) is 14.0. The molecule has 4 nitrogen and oxygen atoms in total. The van der Waals surface area contributed by atoms with Gasteiger partial charge in [-0.05, 0) is 17.7 Å². The lowest BCUT2D eigenvalue weighted by Crippen LogP contribution is -2.11. The third-order valence-corrected chi connectivity index (χ3v) is 2.92. The van der Waals surface area contributed by atoms with Crippen LogP contribution in [0, 0.1) is 0 Å². The van der Waals surface area contributed by atoms with Crippen molar-refractivity contribution < 1.29 is 9.90 Å². The van der Waals surface area contributed by atoms with E-state index in [9.17, 15) is 4.79 Å². The van der Waals surface area contributed by atoms with Crippen molar-refractivity contribution in [3.63, 3.8) is 0 Å². The molecule has 1 N–H and O–H groups in total. The van der Waals surface area contributed by atoms with E-state index in [-0.39, 0.29) is 11.8 Å². The van der Waals surface area contributed by atoms with E-state index in [1.54, 1.807) is 6.33 Å². The summed E-state index contributed by atoms with van der Waals surface area (Å²) in [6.45, 7) is 6.33. The molecule has 0 aliphatic heterocycles. The molecule has 0 radical (unpaired) electrons. The van der Waals surface area contributed by atoms with Crippen molar-refractivity contribution in [2.24, 2.45) is 0 Å². The Labute approximate surface area is 112 Å². The molecule has 0 unspecified atom stereocenters. The molecule has 0 atom stereocenters. The molecule has 0 bridgehead atoms. The number of nitrogens with zero attached hydrogens (tertiary/aromatic N) is 2. The molecule has 0 spiro atoms. The highest BCUT2D eigenvalue weighted by molar-refractivity contribution is 5.70. The van der Waals surface area contributed by atoms with Crippen molar-refractivity contribution in [3.05, 3.63) is 48.0 Å². The average molecular weight is 258 g/mol.